The van der Waals surface area contributed by atoms with Gasteiger partial charge in [-0.1, -0.05) is 53.7 Å². The van der Waals surface area contributed by atoms with Crippen LogP contribution in [0.25, 0.3) is 5.69 Å². The second-order valence-electron chi connectivity index (χ2n) is 7.65. The molecule has 1 atom stereocenters. The van der Waals surface area contributed by atoms with Gasteiger partial charge >= 0.3 is 0 Å². The van der Waals surface area contributed by atoms with Gasteiger partial charge in [0, 0.05) is 17.4 Å². The lowest BCUT2D eigenvalue weighted by Gasteiger charge is -2.17. The Bertz CT molecular complexity index is 1240. The van der Waals surface area contributed by atoms with Gasteiger partial charge in [-0.05, 0) is 50.2 Å². The Labute approximate surface area is 203 Å². The molecular weight excluding hydrogens is 448 g/mol. The number of carbonyl (C=O) groups is 1. The van der Waals surface area contributed by atoms with Crippen LogP contribution in [0.2, 0.25) is 0 Å². The number of nitrogens with zero attached hydrogens (tertiary/aromatic N) is 3. The molecule has 0 fully saturated rings. The molecule has 7 nitrogen and oxygen atoms in total. The summed E-state index contributed by atoms with van der Waals surface area (Å²) in [6.45, 7) is 3.93. The summed E-state index contributed by atoms with van der Waals surface area (Å²) in [5.41, 5.74) is 2.80. The average Bonchev–Trinajstić information content (AvgIpc) is 3.29. The number of anilines is 1. The summed E-state index contributed by atoms with van der Waals surface area (Å²) in [7, 11) is 1.62. The van der Waals surface area contributed by atoms with Crippen LogP contribution in [0.3, 0.4) is 0 Å². The average molecular weight is 475 g/mol. The highest BCUT2D eigenvalue weighted by Gasteiger charge is 2.22. The van der Waals surface area contributed by atoms with E-state index in [0.717, 1.165) is 16.9 Å². The van der Waals surface area contributed by atoms with Gasteiger partial charge in [0.25, 0.3) is 0 Å². The van der Waals surface area contributed by atoms with Crippen LogP contribution < -0.4 is 14.8 Å². The molecule has 1 aromatic heterocycles. The number of rotatable bonds is 9. The molecule has 0 saturated heterocycles. The number of para-hydroxylation sites is 1. The molecule has 0 saturated carbocycles. The van der Waals surface area contributed by atoms with Crippen molar-refractivity contribution in [3.63, 3.8) is 0 Å². The van der Waals surface area contributed by atoms with E-state index in [1.807, 2.05) is 97.3 Å². The molecule has 0 aliphatic carbocycles. The summed E-state index contributed by atoms with van der Waals surface area (Å²) >= 11 is 1.32. The number of hydrogen-bond acceptors (Lipinski definition) is 6. The lowest BCUT2D eigenvalue weighted by Crippen LogP contribution is -2.15. The highest BCUT2D eigenvalue weighted by Crippen LogP contribution is 2.29. The van der Waals surface area contributed by atoms with Crippen molar-refractivity contribution in [1.82, 2.24) is 14.8 Å². The van der Waals surface area contributed by atoms with Crippen molar-refractivity contribution in [2.75, 3.05) is 18.2 Å². The minimum Gasteiger partial charge on any atom is -0.497 e. The smallest absolute Gasteiger partial charge is 0.234 e. The van der Waals surface area contributed by atoms with Gasteiger partial charge in [-0.2, -0.15) is 0 Å². The molecule has 0 radical (unpaired) electrons. The molecule has 174 valence electrons. The summed E-state index contributed by atoms with van der Waals surface area (Å²) in [5.74, 6) is 2.10. The van der Waals surface area contributed by atoms with Crippen molar-refractivity contribution in [3.8, 4) is 17.2 Å². The molecular formula is C26H26N4O3S. The quantitative estimate of drug-likeness (QED) is 0.325. The molecule has 34 heavy (non-hydrogen) atoms. The highest BCUT2D eigenvalue weighted by molar-refractivity contribution is 7.99. The van der Waals surface area contributed by atoms with E-state index in [1.165, 1.54) is 11.8 Å². The zero-order chi connectivity index (χ0) is 23.9. The lowest BCUT2D eigenvalue weighted by atomic mass is 10.2. The summed E-state index contributed by atoms with van der Waals surface area (Å²) < 4.78 is 13.4. The fourth-order valence-electron chi connectivity index (χ4n) is 3.35. The Morgan fingerprint density at radius 1 is 1.00 bits per heavy atom. The molecule has 0 spiro atoms. The Morgan fingerprint density at radius 3 is 2.47 bits per heavy atom. The van der Waals surface area contributed by atoms with Crippen molar-refractivity contribution in [1.29, 1.82) is 0 Å². The first-order valence-corrected chi connectivity index (χ1v) is 11.8. The molecule has 4 rings (SSSR count). The van der Waals surface area contributed by atoms with Gasteiger partial charge in [0.15, 0.2) is 17.1 Å². The van der Waals surface area contributed by atoms with Crippen LogP contribution in [0, 0.1) is 6.92 Å². The third kappa shape index (κ3) is 5.77. The van der Waals surface area contributed by atoms with Gasteiger partial charge in [0.05, 0.1) is 12.9 Å². The lowest BCUT2D eigenvalue weighted by molar-refractivity contribution is -0.113. The largest absolute Gasteiger partial charge is 0.497 e. The van der Waals surface area contributed by atoms with Crippen molar-refractivity contribution < 1.29 is 14.3 Å². The summed E-state index contributed by atoms with van der Waals surface area (Å²) in [4.78, 5) is 12.5. The maximum atomic E-state index is 12.5. The van der Waals surface area contributed by atoms with Crippen LogP contribution in [-0.2, 0) is 4.79 Å². The van der Waals surface area contributed by atoms with Crippen LogP contribution in [-0.4, -0.2) is 33.5 Å². The van der Waals surface area contributed by atoms with Crippen LogP contribution in [0.1, 0.15) is 24.4 Å². The molecule has 4 aromatic rings. The number of ether oxygens (including phenoxy) is 2. The van der Waals surface area contributed by atoms with Gasteiger partial charge < -0.3 is 14.8 Å². The van der Waals surface area contributed by atoms with Crippen molar-refractivity contribution in [2.45, 2.75) is 25.1 Å². The number of hydrogen-bond donors (Lipinski definition) is 1. The van der Waals surface area contributed by atoms with Gasteiger partial charge in [-0.3, -0.25) is 9.36 Å². The van der Waals surface area contributed by atoms with Crippen molar-refractivity contribution >= 4 is 23.4 Å². The zero-order valence-corrected chi connectivity index (χ0v) is 20.1. The third-order valence-corrected chi connectivity index (χ3v) is 5.99. The monoisotopic (exact) mass is 474 g/mol. The second kappa shape index (κ2) is 10.9. The first kappa shape index (κ1) is 23.4. The fraction of sp³-hybridized carbons (Fsp3) is 0.192. The molecule has 1 unspecified atom stereocenters. The predicted octanol–water partition coefficient (Wildman–Crippen LogP) is 5.46. The topological polar surface area (TPSA) is 78.3 Å². The normalized spacial score (nSPS) is 11.6. The summed E-state index contributed by atoms with van der Waals surface area (Å²) in [6, 6.07) is 24.9. The van der Waals surface area contributed by atoms with E-state index in [9.17, 15) is 4.79 Å². The maximum absolute atomic E-state index is 12.5. The zero-order valence-electron chi connectivity index (χ0n) is 19.3. The Hall–Kier alpha value is -3.78. The standard InChI is InChI=1S/C26H26N4O3S/c1-18-12-14-20(15-13-18)27-24(31)17-34-26-29-28-25(30(26)21-8-5-4-6-9-21)19(2)33-23-11-7-10-22(16-23)32-3/h4-16,19H,17H2,1-3H3,(H,27,31). The molecule has 1 amide bonds. The van der Waals surface area contributed by atoms with Gasteiger partial charge in [-0.15, -0.1) is 10.2 Å². The number of methoxy groups -OCH3 is 1. The first-order valence-electron chi connectivity index (χ1n) is 10.8. The number of nitrogens with one attached hydrogen (secondary N) is 1. The molecule has 8 heteroatoms. The maximum Gasteiger partial charge on any atom is 0.234 e. The second-order valence-corrected chi connectivity index (χ2v) is 8.60. The van der Waals surface area contributed by atoms with Crippen LogP contribution in [0.5, 0.6) is 11.5 Å². The van der Waals surface area contributed by atoms with Crippen molar-refractivity contribution in [2.24, 2.45) is 0 Å². The van der Waals surface area contributed by atoms with Gasteiger partial charge in [0.1, 0.15) is 11.5 Å². The Kier molecular flexibility index (Phi) is 7.49. The number of aryl methyl sites for hydroxylation is 1. The Morgan fingerprint density at radius 2 is 1.74 bits per heavy atom. The minimum atomic E-state index is -0.393. The van der Waals surface area contributed by atoms with E-state index in [1.54, 1.807) is 7.11 Å². The number of thioether (sulfide) groups is 1. The summed E-state index contributed by atoms with van der Waals surface area (Å²) in [5, 5.41) is 12.3. The number of benzene rings is 3. The number of carbonyl (C=O) groups excluding carboxylic acids is 1. The van der Waals surface area contributed by atoms with E-state index in [4.69, 9.17) is 9.47 Å². The van der Waals surface area contributed by atoms with E-state index >= 15 is 0 Å². The summed E-state index contributed by atoms with van der Waals surface area (Å²) in [6.07, 6.45) is -0.393. The predicted molar refractivity (Wildman–Crippen MR) is 134 cm³/mol. The molecule has 1 N–H and O–H groups in total. The van der Waals surface area contributed by atoms with Crippen LogP contribution in [0.4, 0.5) is 5.69 Å². The van der Waals surface area contributed by atoms with Crippen molar-refractivity contribution in [3.05, 3.63) is 90.3 Å². The molecule has 0 bridgehead atoms. The Balaban J connectivity index is 1.53. The van der Waals surface area contributed by atoms with E-state index in [0.29, 0.717) is 22.5 Å². The SMILES string of the molecule is COc1cccc(OC(C)c2nnc(SCC(=O)Nc3ccc(C)cc3)n2-c2ccccc2)c1. The third-order valence-electron chi connectivity index (χ3n) is 5.06. The van der Waals surface area contributed by atoms with Gasteiger partial charge in [0.2, 0.25) is 5.91 Å². The minimum absolute atomic E-state index is 0.112. The van der Waals surface area contributed by atoms with E-state index in [-0.39, 0.29) is 11.7 Å². The molecule has 1 heterocycles. The number of amides is 1. The molecule has 3 aromatic carbocycles. The highest BCUT2D eigenvalue weighted by atomic mass is 32.2. The molecule has 0 aliphatic rings. The van der Waals surface area contributed by atoms with E-state index < -0.39 is 6.10 Å². The number of aromatic nitrogens is 3. The van der Waals surface area contributed by atoms with E-state index in [2.05, 4.69) is 15.5 Å². The first-order chi connectivity index (χ1) is 16.5. The van der Waals surface area contributed by atoms with Crippen LogP contribution >= 0.6 is 11.8 Å². The molecule has 0 aliphatic heterocycles. The van der Waals surface area contributed by atoms with Crippen LogP contribution in [0.15, 0.2) is 84.0 Å². The fourth-order valence-corrected chi connectivity index (χ4v) is 4.11. The van der Waals surface area contributed by atoms with Gasteiger partial charge in [-0.25, -0.2) is 0 Å².